The zero-order chi connectivity index (χ0) is 22.8. The first-order chi connectivity index (χ1) is 16.1. The largest absolute Gasteiger partial charge is 0.362 e. The quantitative estimate of drug-likeness (QED) is 0.301. The van der Waals surface area contributed by atoms with Crippen LogP contribution < -0.4 is 5.32 Å². The summed E-state index contributed by atoms with van der Waals surface area (Å²) in [4.78, 5) is 14.0. The third-order valence-electron chi connectivity index (χ3n) is 5.75. The molecule has 2 aromatic carbocycles. The third-order valence-corrected chi connectivity index (χ3v) is 6.00. The monoisotopic (exact) mass is 450 g/mol. The van der Waals surface area contributed by atoms with Crippen LogP contribution in [0.5, 0.6) is 0 Å². The van der Waals surface area contributed by atoms with Crippen LogP contribution in [0.25, 0.3) is 33.3 Å². The summed E-state index contributed by atoms with van der Waals surface area (Å²) in [7, 11) is 0. The van der Waals surface area contributed by atoms with E-state index in [1.165, 1.54) is 0 Å². The van der Waals surface area contributed by atoms with E-state index < -0.39 is 0 Å². The molecule has 5 rings (SSSR count). The minimum Gasteiger partial charge on any atom is -0.362 e. The lowest BCUT2D eigenvalue weighted by atomic mass is 10.0. The molecule has 0 bridgehead atoms. The van der Waals surface area contributed by atoms with Crippen LogP contribution in [0, 0.1) is 6.92 Å². The summed E-state index contributed by atoms with van der Waals surface area (Å²) in [5, 5.41) is 5.32. The average molecular weight is 451 g/mol. The second-order valence-corrected chi connectivity index (χ2v) is 8.55. The molecule has 0 saturated carbocycles. The number of pyridine rings is 3. The van der Waals surface area contributed by atoms with Gasteiger partial charge in [-0.2, -0.15) is 0 Å². The van der Waals surface area contributed by atoms with Gasteiger partial charge in [0.05, 0.1) is 22.9 Å². The first-order valence-corrected chi connectivity index (χ1v) is 11.3. The van der Waals surface area contributed by atoms with Gasteiger partial charge in [-0.3, -0.25) is 9.97 Å². The van der Waals surface area contributed by atoms with Crippen molar-refractivity contribution >= 4 is 28.3 Å². The standard InChI is InChI=1S/C28H23ClN4/c1-18-15-28(32-19(2)25-5-3-4-14-30-25)33-27-13-8-21(16-24(18)27)26-12-9-22(17-31-26)20-6-10-23(29)11-7-20/h3-17,19H,1-2H3,(H,32,33). The number of hydrogen-bond donors (Lipinski definition) is 1. The van der Waals surface area contributed by atoms with Crippen molar-refractivity contribution in [2.24, 2.45) is 0 Å². The number of nitrogens with zero attached hydrogens (tertiary/aromatic N) is 3. The van der Waals surface area contributed by atoms with Gasteiger partial charge in [-0.15, -0.1) is 0 Å². The van der Waals surface area contributed by atoms with Crippen molar-refractivity contribution in [3.8, 4) is 22.4 Å². The number of nitrogens with one attached hydrogen (secondary N) is 1. The first-order valence-electron chi connectivity index (χ1n) is 10.9. The smallest absolute Gasteiger partial charge is 0.127 e. The normalized spacial score (nSPS) is 12.0. The molecule has 0 amide bonds. The number of fused-ring (bicyclic) bond motifs is 1. The molecule has 3 heterocycles. The Bertz CT molecular complexity index is 1400. The van der Waals surface area contributed by atoms with Crippen LogP contribution in [-0.4, -0.2) is 15.0 Å². The molecule has 0 radical (unpaired) electrons. The van der Waals surface area contributed by atoms with E-state index in [9.17, 15) is 0 Å². The molecule has 0 spiro atoms. The van der Waals surface area contributed by atoms with Crippen molar-refractivity contribution in [1.29, 1.82) is 0 Å². The highest BCUT2D eigenvalue weighted by molar-refractivity contribution is 6.30. The fraction of sp³-hybridized carbons (Fsp3) is 0.107. The fourth-order valence-electron chi connectivity index (χ4n) is 3.93. The number of anilines is 1. The Morgan fingerprint density at radius 1 is 0.818 bits per heavy atom. The fourth-order valence-corrected chi connectivity index (χ4v) is 4.06. The number of aryl methyl sites for hydroxylation is 1. The molecule has 5 heteroatoms. The van der Waals surface area contributed by atoms with Gasteiger partial charge in [0.15, 0.2) is 0 Å². The number of hydrogen-bond acceptors (Lipinski definition) is 4. The molecule has 0 aliphatic carbocycles. The zero-order valence-electron chi connectivity index (χ0n) is 18.5. The Labute approximate surface area is 198 Å². The van der Waals surface area contributed by atoms with Gasteiger partial charge in [0.2, 0.25) is 0 Å². The van der Waals surface area contributed by atoms with Gasteiger partial charge < -0.3 is 5.32 Å². The van der Waals surface area contributed by atoms with Crippen molar-refractivity contribution in [3.05, 3.63) is 108 Å². The molecule has 1 unspecified atom stereocenters. The second-order valence-electron chi connectivity index (χ2n) is 8.12. The Morgan fingerprint density at radius 3 is 2.33 bits per heavy atom. The molecule has 0 aliphatic rings. The SMILES string of the molecule is Cc1cc(NC(C)c2ccccn2)nc2ccc(-c3ccc(-c4ccc(Cl)cc4)cn3)cc12. The van der Waals surface area contributed by atoms with E-state index >= 15 is 0 Å². The third kappa shape index (κ3) is 4.57. The summed E-state index contributed by atoms with van der Waals surface area (Å²) in [6.07, 6.45) is 3.71. The van der Waals surface area contributed by atoms with E-state index in [4.69, 9.17) is 21.6 Å². The van der Waals surface area contributed by atoms with E-state index in [1.54, 1.807) is 0 Å². The van der Waals surface area contributed by atoms with Crippen molar-refractivity contribution in [2.75, 3.05) is 5.32 Å². The number of halogens is 1. The minimum atomic E-state index is 0.0678. The molecule has 0 aliphatic heterocycles. The van der Waals surface area contributed by atoms with Gasteiger partial charge in [0.1, 0.15) is 5.82 Å². The van der Waals surface area contributed by atoms with Crippen molar-refractivity contribution in [1.82, 2.24) is 15.0 Å². The summed E-state index contributed by atoms with van der Waals surface area (Å²) in [6.45, 7) is 4.20. The Balaban J connectivity index is 1.41. The van der Waals surface area contributed by atoms with Crippen LogP contribution in [0.2, 0.25) is 5.02 Å². The van der Waals surface area contributed by atoms with E-state index in [1.807, 2.05) is 54.9 Å². The van der Waals surface area contributed by atoms with Gasteiger partial charge in [-0.25, -0.2) is 4.98 Å². The van der Waals surface area contributed by atoms with Gasteiger partial charge in [0.25, 0.3) is 0 Å². The molecule has 5 aromatic rings. The van der Waals surface area contributed by atoms with Crippen molar-refractivity contribution in [3.63, 3.8) is 0 Å². The lowest BCUT2D eigenvalue weighted by molar-refractivity contribution is 0.833. The number of benzene rings is 2. The van der Waals surface area contributed by atoms with E-state index in [2.05, 4.69) is 60.5 Å². The summed E-state index contributed by atoms with van der Waals surface area (Å²) in [5.74, 6) is 0.844. The molecule has 162 valence electrons. The predicted molar refractivity (Wildman–Crippen MR) is 136 cm³/mol. The van der Waals surface area contributed by atoms with Gasteiger partial charge in [-0.1, -0.05) is 41.9 Å². The molecule has 1 atom stereocenters. The Kier molecular flexibility index (Phi) is 5.76. The average Bonchev–Trinajstić information content (AvgIpc) is 2.85. The highest BCUT2D eigenvalue weighted by Gasteiger charge is 2.10. The molecule has 0 saturated heterocycles. The zero-order valence-corrected chi connectivity index (χ0v) is 19.2. The second kappa shape index (κ2) is 9.00. The molecule has 33 heavy (non-hydrogen) atoms. The van der Waals surface area contributed by atoms with Gasteiger partial charge in [0, 0.05) is 33.9 Å². The lowest BCUT2D eigenvalue weighted by Gasteiger charge is -2.15. The molecule has 3 aromatic heterocycles. The van der Waals surface area contributed by atoms with Crippen LogP contribution in [0.15, 0.2) is 91.3 Å². The Morgan fingerprint density at radius 2 is 1.61 bits per heavy atom. The molecule has 0 fully saturated rings. The van der Waals surface area contributed by atoms with Crippen LogP contribution in [0.4, 0.5) is 5.82 Å². The van der Waals surface area contributed by atoms with Gasteiger partial charge >= 0.3 is 0 Å². The van der Waals surface area contributed by atoms with E-state index in [-0.39, 0.29) is 6.04 Å². The number of aromatic nitrogens is 3. The topological polar surface area (TPSA) is 50.7 Å². The summed E-state index contributed by atoms with van der Waals surface area (Å²) in [5.41, 5.74) is 7.25. The molecular formula is C28H23ClN4. The Hall–Kier alpha value is -3.76. The predicted octanol–water partition coefficient (Wildman–Crippen LogP) is 7.49. The molecular weight excluding hydrogens is 428 g/mol. The van der Waals surface area contributed by atoms with Crippen molar-refractivity contribution < 1.29 is 0 Å². The van der Waals surface area contributed by atoms with Crippen LogP contribution in [0.1, 0.15) is 24.2 Å². The summed E-state index contributed by atoms with van der Waals surface area (Å²) >= 11 is 6.00. The maximum atomic E-state index is 6.00. The van der Waals surface area contributed by atoms with Crippen LogP contribution in [-0.2, 0) is 0 Å². The highest BCUT2D eigenvalue weighted by Crippen LogP contribution is 2.29. The maximum absolute atomic E-state index is 6.00. The molecule has 4 nitrogen and oxygen atoms in total. The highest BCUT2D eigenvalue weighted by atomic mass is 35.5. The molecule has 1 N–H and O–H groups in total. The maximum Gasteiger partial charge on any atom is 0.127 e. The van der Waals surface area contributed by atoms with Crippen LogP contribution >= 0.6 is 11.6 Å². The first kappa shape index (κ1) is 21.1. The summed E-state index contributed by atoms with van der Waals surface area (Å²) < 4.78 is 0. The van der Waals surface area contributed by atoms with Crippen LogP contribution in [0.3, 0.4) is 0 Å². The van der Waals surface area contributed by atoms with Gasteiger partial charge in [-0.05, 0) is 73.5 Å². The minimum absolute atomic E-state index is 0.0678. The number of rotatable bonds is 5. The lowest BCUT2D eigenvalue weighted by Crippen LogP contribution is -2.09. The van der Waals surface area contributed by atoms with E-state index in [0.29, 0.717) is 0 Å². The van der Waals surface area contributed by atoms with E-state index in [0.717, 1.165) is 55.4 Å². The van der Waals surface area contributed by atoms with Crippen molar-refractivity contribution in [2.45, 2.75) is 19.9 Å². The summed E-state index contributed by atoms with van der Waals surface area (Å²) in [6, 6.07) is 26.3.